The van der Waals surface area contributed by atoms with Crippen molar-refractivity contribution in [2.24, 2.45) is 10.8 Å². The molecule has 2 aliphatic carbocycles. The van der Waals surface area contributed by atoms with Crippen LogP contribution in [-0.4, -0.2) is 15.5 Å². The molecule has 0 saturated heterocycles. The van der Waals surface area contributed by atoms with Crippen molar-refractivity contribution in [1.82, 2.24) is 0 Å². The molecule has 18 heavy (non-hydrogen) atoms. The number of halogens is 2. The van der Waals surface area contributed by atoms with Crippen LogP contribution in [-0.2, 0) is 4.79 Å². The molecule has 3 heteroatoms. The monoisotopic (exact) mass is 330 g/mol. The Bertz CT molecular complexity index is 436. The van der Waals surface area contributed by atoms with E-state index in [0.717, 1.165) is 24.8 Å². The molecule has 0 bridgehead atoms. The summed E-state index contributed by atoms with van der Waals surface area (Å²) in [5, 5.41) is 0. The number of ketones is 1. The standard InChI is InChI=1S/C15H20BrClO/c1-10-11(18)5-6-13(2,3)15(10)8-7-14(4,17)12(16)9-15/h5-6,12H,1,7-9H2,2-4H3/t12-,14-,15-/m1/s1. The Morgan fingerprint density at radius 2 is 2.00 bits per heavy atom. The van der Waals surface area contributed by atoms with E-state index in [1.165, 1.54) is 0 Å². The number of carbonyl (C=O) groups is 1. The molecule has 1 nitrogen and oxygen atoms in total. The average Bonchev–Trinajstić information content (AvgIpc) is 2.27. The Kier molecular flexibility index (Phi) is 3.35. The first-order valence-corrected chi connectivity index (χ1v) is 7.68. The van der Waals surface area contributed by atoms with Crippen LogP contribution in [0.1, 0.15) is 40.0 Å². The van der Waals surface area contributed by atoms with Gasteiger partial charge in [-0.15, -0.1) is 11.6 Å². The molecule has 2 rings (SSSR count). The van der Waals surface area contributed by atoms with Gasteiger partial charge >= 0.3 is 0 Å². The minimum atomic E-state index is -0.230. The molecular formula is C15H20BrClO. The number of allylic oxidation sites excluding steroid dienone is 3. The van der Waals surface area contributed by atoms with E-state index in [2.05, 4.69) is 43.3 Å². The van der Waals surface area contributed by atoms with Gasteiger partial charge < -0.3 is 0 Å². The number of alkyl halides is 2. The van der Waals surface area contributed by atoms with Crippen molar-refractivity contribution in [2.45, 2.75) is 49.7 Å². The topological polar surface area (TPSA) is 17.1 Å². The second-order valence-corrected chi connectivity index (χ2v) is 8.40. The van der Waals surface area contributed by atoms with Gasteiger partial charge in [-0.05, 0) is 43.3 Å². The van der Waals surface area contributed by atoms with Crippen LogP contribution in [0.15, 0.2) is 24.3 Å². The Morgan fingerprint density at radius 1 is 1.39 bits per heavy atom. The molecule has 1 spiro atoms. The molecule has 0 heterocycles. The van der Waals surface area contributed by atoms with Gasteiger partial charge in [0, 0.05) is 10.2 Å². The van der Waals surface area contributed by atoms with Crippen molar-refractivity contribution >= 4 is 33.3 Å². The van der Waals surface area contributed by atoms with E-state index in [1.54, 1.807) is 6.08 Å². The Balaban J connectivity index is 2.44. The van der Waals surface area contributed by atoms with Gasteiger partial charge in [-0.1, -0.05) is 42.4 Å². The lowest BCUT2D eigenvalue weighted by Crippen LogP contribution is -2.51. The third-order valence-corrected chi connectivity index (χ3v) is 7.03. The first-order valence-electron chi connectivity index (χ1n) is 6.38. The highest BCUT2D eigenvalue weighted by molar-refractivity contribution is 9.09. The minimum Gasteiger partial charge on any atom is -0.290 e. The van der Waals surface area contributed by atoms with Crippen molar-refractivity contribution in [3.05, 3.63) is 24.3 Å². The van der Waals surface area contributed by atoms with Crippen LogP contribution < -0.4 is 0 Å². The van der Waals surface area contributed by atoms with E-state index < -0.39 is 0 Å². The van der Waals surface area contributed by atoms with Crippen LogP contribution >= 0.6 is 27.5 Å². The van der Waals surface area contributed by atoms with Crippen LogP contribution in [0, 0.1) is 10.8 Å². The molecule has 0 radical (unpaired) electrons. The fraction of sp³-hybridized carbons (Fsp3) is 0.667. The third kappa shape index (κ3) is 1.92. The molecule has 0 aromatic carbocycles. The van der Waals surface area contributed by atoms with E-state index in [4.69, 9.17) is 11.6 Å². The molecule has 0 amide bonds. The summed E-state index contributed by atoms with van der Waals surface area (Å²) in [5.74, 6) is 0.0761. The van der Waals surface area contributed by atoms with Gasteiger partial charge in [0.05, 0.1) is 4.87 Å². The fourth-order valence-electron chi connectivity index (χ4n) is 3.26. The van der Waals surface area contributed by atoms with Crippen LogP contribution in [0.25, 0.3) is 0 Å². The normalized spacial score (nSPS) is 43.5. The maximum absolute atomic E-state index is 12.0. The maximum Gasteiger partial charge on any atom is 0.181 e. The lowest BCUT2D eigenvalue weighted by molar-refractivity contribution is -0.114. The van der Waals surface area contributed by atoms with Crippen LogP contribution in [0.3, 0.4) is 0 Å². The Labute approximate surface area is 123 Å². The van der Waals surface area contributed by atoms with Crippen molar-refractivity contribution in [3.8, 4) is 0 Å². The first kappa shape index (κ1) is 14.3. The van der Waals surface area contributed by atoms with Crippen LogP contribution in [0.2, 0.25) is 0 Å². The van der Waals surface area contributed by atoms with E-state index in [1.807, 2.05) is 6.08 Å². The Morgan fingerprint density at radius 3 is 2.56 bits per heavy atom. The van der Waals surface area contributed by atoms with Gasteiger partial charge in [0.25, 0.3) is 0 Å². The zero-order chi connectivity index (χ0) is 13.8. The van der Waals surface area contributed by atoms with Crippen molar-refractivity contribution < 1.29 is 4.79 Å². The smallest absolute Gasteiger partial charge is 0.181 e. The molecule has 3 atom stereocenters. The lowest BCUT2D eigenvalue weighted by atomic mass is 9.51. The predicted molar refractivity (Wildman–Crippen MR) is 80.3 cm³/mol. The van der Waals surface area contributed by atoms with Gasteiger partial charge in [0.15, 0.2) is 5.78 Å². The van der Waals surface area contributed by atoms with Gasteiger partial charge in [-0.2, -0.15) is 0 Å². The van der Waals surface area contributed by atoms with E-state index in [9.17, 15) is 4.79 Å². The van der Waals surface area contributed by atoms with Crippen LogP contribution in [0.4, 0.5) is 0 Å². The zero-order valence-corrected chi connectivity index (χ0v) is 13.6. The highest BCUT2D eigenvalue weighted by atomic mass is 79.9. The quantitative estimate of drug-likeness (QED) is 0.467. The average molecular weight is 332 g/mol. The highest BCUT2D eigenvalue weighted by Gasteiger charge is 2.55. The molecule has 0 aliphatic heterocycles. The van der Waals surface area contributed by atoms with Gasteiger partial charge in [-0.25, -0.2) is 0 Å². The summed E-state index contributed by atoms with van der Waals surface area (Å²) in [7, 11) is 0. The summed E-state index contributed by atoms with van der Waals surface area (Å²) in [6.45, 7) is 10.5. The van der Waals surface area contributed by atoms with Gasteiger partial charge in [0.1, 0.15) is 0 Å². The largest absolute Gasteiger partial charge is 0.290 e. The van der Waals surface area contributed by atoms with E-state index in [0.29, 0.717) is 0 Å². The summed E-state index contributed by atoms with van der Waals surface area (Å²) < 4.78 is 0. The molecule has 100 valence electrons. The summed E-state index contributed by atoms with van der Waals surface area (Å²) >= 11 is 10.2. The number of hydrogen-bond donors (Lipinski definition) is 0. The predicted octanol–water partition coefficient (Wildman–Crippen LogP) is 4.64. The van der Waals surface area contributed by atoms with Crippen molar-refractivity contribution in [3.63, 3.8) is 0 Å². The summed E-state index contributed by atoms with van der Waals surface area (Å²) in [6, 6.07) is 0. The second kappa shape index (κ2) is 4.21. The number of carbonyl (C=O) groups excluding carboxylic acids is 1. The molecule has 1 fully saturated rings. The SMILES string of the molecule is C=C1C(=O)C=CC(C)(C)[C@@]12CC[C@@](C)(Cl)[C@H](Br)C2. The number of rotatable bonds is 0. The van der Waals surface area contributed by atoms with E-state index >= 15 is 0 Å². The summed E-state index contributed by atoms with van der Waals surface area (Å²) in [6.07, 6.45) is 6.41. The molecule has 0 unspecified atom stereocenters. The zero-order valence-electron chi connectivity index (χ0n) is 11.2. The Hall–Kier alpha value is -0.0800. The summed E-state index contributed by atoms with van der Waals surface area (Å²) in [4.78, 5) is 12.0. The van der Waals surface area contributed by atoms with E-state index in [-0.39, 0.29) is 26.3 Å². The fourth-order valence-corrected chi connectivity index (χ4v) is 4.22. The van der Waals surface area contributed by atoms with Gasteiger partial charge in [-0.3, -0.25) is 4.79 Å². The van der Waals surface area contributed by atoms with Crippen LogP contribution in [0.5, 0.6) is 0 Å². The molecule has 1 saturated carbocycles. The molecule has 0 N–H and O–H groups in total. The van der Waals surface area contributed by atoms with Crippen molar-refractivity contribution in [1.29, 1.82) is 0 Å². The first-order chi connectivity index (χ1) is 8.12. The number of hydrogen-bond acceptors (Lipinski definition) is 1. The minimum absolute atomic E-state index is 0.0442. The van der Waals surface area contributed by atoms with Crippen molar-refractivity contribution in [2.75, 3.05) is 0 Å². The molecule has 0 aromatic rings. The van der Waals surface area contributed by atoms with Gasteiger partial charge in [0.2, 0.25) is 0 Å². The maximum atomic E-state index is 12.0. The molecule has 0 aromatic heterocycles. The molecule has 2 aliphatic rings. The highest BCUT2D eigenvalue weighted by Crippen LogP contribution is 2.60. The third-order valence-electron chi connectivity index (χ3n) is 4.98. The second-order valence-electron chi connectivity index (χ2n) is 6.43. The summed E-state index contributed by atoms with van der Waals surface area (Å²) in [5.41, 5.74) is 0.560. The lowest BCUT2D eigenvalue weighted by Gasteiger charge is -2.54. The molecular weight excluding hydrogens is 312 g/mol.